The first kappa shape index (κ1) is 25.8. The first-order valence-electron chi connectivity index (χ1n) is 10.3. The van der Waals surface area contributed by atoms with Crippen LogP contribution in [-0.4, -0.2) is 38.8 Å². The van der Waals surface area contributed by atoms with E-state index in [2.05, 4.69) is 15.0 Å². The fraction of sp³-hybridized carbons (Fsp3) is 0.217. The molecule has 0 aliphatic rings. The molecular weight excluding hydrogens is 489 g/mol. The van der Waals surface area contributed by atoms with E-state index < -0.39 is 12.1 Å². The number of halogens is 4. The number of nitrogen functional groups attached to an aromatic ring is 1. The third kappa shape index (κ3) is 7.06. The number of alkyl halides is 3. The van der Waals surface area contributed by atoms with E-state index in [1.54, 1.807) is 6.07 Å². The van der Waals surface area contributed by atoms with Crippen LogP contribution in [-0.2, 0) is 11.2 Å². The highest BCUT2D eigenvalue weighted by atomic mass is 35.5. The quantitative estimate of drug-likeness (QED) is 0.325. The highest BCUT2D eigenvalue weighted by Gasteiger charge is 2.38. The summed E-state index contributed by atoms with van der Waals surface area (Å²) in [5, 5.41) is 7.81. The maximum absolute atomic E-state index is 10.6. The lowest BCUT2D eigenvalue weighted by molar-refractivity contribution is -0.192. The van der Waals surface area contributed by atoms with Gasteiger partial charge < -0.3 is 20.0 Å². The predicted octanol–water partition coefficient (Wildman–Crippen LogP) is 5.53. The number of rotatable bonds is 6. The Kier molecular flexibility index (Phi) is 8.13. The van der Waals surface area contributed by atoms with E-state index in [0.717, 1.165) is 17.5 Å². The van der Waals surface area contributed by atoms with Crippen molar-refractivity contribution in [3.63, 3.8) is 0 Å². The molecule has 8 nitrogen and oxygen atoms in total. The maximum atomic E-state index is 10.6. The number of carboxylic acids is 1. The third-order valence-corrected chi connectivity index (χ3v) is 4.62. The minimum Gasteiger partial charge on any atom is -0.476 e. The van der Waals surface area contributed by atoms with Crippen LogP contribution < -0.4 is 10.5 Å². The van der Waals surface area contributed by atoms with Crippen LogP contribution in [0.4, 0.5) is 18.9 Å². The summed E-state index contributed by atoms with van der Waals surface area (Å²) in [6.45, 7) is 2.57. The summed E-state index contributed by atoms with van der Waals surface area (Å²) < 4.78 is 43.5. The zero-order valence-corrected chi connectivity index (χ0v) is 19.1. The SMILES string of the molecule is CCCOc1nc(Cc2ccc(Cl)cc2)nc2oc(-c3cccc(N)c3)nc12.O=C(O)C(F)(F)F. The minimum atomic E-state index is -5.08. The van der Waals surface area contributed by atoms with E-state index in [-0.39, 0.29) is 0 Å². The highest BCUT2D eigenvalue weighted by Crippen LogP contribution is 2.29. The van der Waals surface area contributed by atoms with Crippen molar-refractivity contribution >= 4 is 34.5 Å². The van der Waals surface area contributed by atoms with E-state index in [4.69, 9.17) is 36.4 Å². The molecule has 2 aromatic heterocycles. The van der Waals surface area contributed by atoms with E-state index >= 15 is 0 Å². The molecule has 2 aromatic carbocycles. The summed E-state index contributed by atoms with van der Waals surface area (Å²) in [6, 6.07) is 14.9. The second-order valence-corrected chi connectivity index (χ2v) is 7.63. The summed E-state index contributed by atoms with van der Waals surface area (Å²) in [5.41, 5.74) is 9.23. The molecule has 12 heteroatoms. The monoisotopic (exact) mass is 508 g/mol. The molecule has 0 saturated heterocycles. The summed E-state index contributed by atoms with van der Waals surface area (Å²) in [6.07, 6.45) is -3.69. The van der Waals surface area contributed by atoms with E-state index in [0.29, 0.717) is 52.6 Å². The van der Waals surface area contributed by atoms with Crippen molar-refractivity contribution in [3.8, 4) is 17.3 Å². The number of ether oxygens (including phenoxy) is 1. The number of hydrogen-bond acceptors (Lipinski definition) is 7. The molecular formula is C23H20ClF3N4O4. The van der Waals surface area contributed by atoms with Gasteiger partial charge in [-0.2, -0.15) is 23.1 Å². The standard InChI is InChI=1S/C21H19ClN4O2.C2HF3O2/c1-2-10-27-20-18-21(28-19(26-18)14-4-3-5-16(23)12-14)25-17(24-20)11-13-6-8-15(22)9-7-13;3-2(4,5)1(6)7/h3-9,12H,2,10-11,23H2,1H3;(H,6,7). The molecule has 3 N–H and O–H groups in total. The Morgan fingerprint density at radius 3 is 2.43 bits per heavy atom. The number of carbonyl (C=O) groups is 1. The third-order valence-electron chi connectivity index (χ3n) is 4.37. The topological polar surface area (TPSA) is 124 Å². The Morgan fingerprint density at radius 1 is 1.14 bits per heavy atom. The fourth-order valence-electron chi connectivity index (χ4n) is 2.80. The van der Waals surface area contributed by atoms with Gasteiger partial charge in [-0.1, -0.05) is 36.7 Å². The van der Waals surface area contributed by atoms with Gasteiger partial charge in [0.2, 0.25) is 11.8 Å². The Labute approximate surface area is 202 Å². The number of aliphatic carboxylic acids is 1. The molecule has 0 atom stereocenters. The molecule has 0 bridgehead atoms. The van der Waals surface area contributed by atoms with Crippen molar-refractivity contribution in [1.29, 1.82) is 0 Å². The van der Waals surface area contributed by atoms with Gasteiger partial charge in [0.1, 0.15) is 5.82 Å². The molecule has 4 rings (SSSR count). The molecule has 0 fully saturated rings. The number of oxazole rings is 1. The molecule has 0 unspecified atom stereocenters. The van der Waals surface area contributed by atoms with Crippen molar-refractivity contribution in [3.05, 3.63) is 64.9 Å². The molecule has 0 amide bonds. The number of nitrogens with two attached hydrogens (primary N) is 1. The first-order valence-corrected chi connectivity index (χ1v) is 10.6. The summed E-state index contributed by atoms with van der Waals surface area (Å²) in [5.74, 6) is -1.31. The largest absolute Gasteiger partial charge is 0.490 e. The zero-order valence-electron chi connectivity index (χ0n) is 18.3. The van der Waals surface area contributed by atoms with Gasteiger partial charge in [0.25, 0.3) is 5.71 Å². The first-order chi connectivity index (χ1) is 16.6. The van der Waals surface area contributed by atoms with Gasteiger partial charge in [0, 0.05) is 22.7 Å². The van der Waals surface area contributed by atoms with Crippen molar-refractivity contribution in [2.24, 2.45) is 0 Å². The lowest BCUT2D eigenvalue weighted by Crippen LogP contribution is -2.21. The average molecular weight is 509 g/mol. The van der Waals surface area contributed by atoms with Crippen molar-refractivity contribution in [1.82, 2.24) is 15.0 Å². The molecule has 0 saturated carbocycles. The number of aromatic nitrogens is 3. The lowest BCUT2D eigenvalue weighted by atomic mass is 10.1. The van der Waals surface area contributed by atoms with Crippen LogP contribution in [0, 0.1) is 0 Å². The van der Waals surface area contributed by atoms with Gasteiger partial charge in [-0.25, -0.2) is 9.78 Å². The molecule has 2 heterocycles. The summed E-state index contributed by atoms with van der Waals surface area (Å²) in [7, 11) is 0. The lowest BCUT2D eigenvalue weighted by Gasteiger charge is -2.06. The smallest absolute Gasteiger partial charge is 0.476 e. The maximum Gasteiger partial charge on any atom is 0.490 e. The zero-order chi connectivity index (χ0) is 25.6. The predicted molar refractivity (Wildman–Crippen MR) is 123 cm³/mol. The van der Waals surface area contributed by atoms with Crippen LogP contribution in [0.1, 0.15) is 24.7 Å². The van der Waals surface area contributed by atoms with Gasteiger partial charge >= 0.3 is 12.1 Å². The summed E-state index contributed by atoms with van der Waals surface area (Å²) >= 11 is 5.96. The van der Waals surface area contributed by atoms with Crippen LogP contribution in [0.2, 0.25) is 5.02 Å². The van der Waals surface area contributed by atoms with E-state index in [1.807, 2.05) is 49.4 Å². The van der Waals surface area contributed by atoms with Crippen molar-refractivity contribution in [2.45, 2.75) is 25.9 Å². The molecule has 0 aliphatic heterocycles. The van der Waals surface area contributed by atoms with Gasteiger partial charge in [-0.15, -0.1) is 0 Å². The Morgan fingerprint density at radius 2 is 1.83 bits per heavy atom. The highest BCUT2D eigenvalue weighted by molar-refractivity contribution is 6.30. The van der Waals surface area contributed by atoms with Crippen LogP contribution in [0.3, 0.4) is 0 Å². The van der Waals surface area contributed by atoms with Crippen LogP contribution >= 0.6 is 11.6 Å². The number of anilines is 1. The summed E-state index contributed by atoms with van der Waals surface area (Å²) in [4.78, 5) is 22.6. The number of benzene rings is 2. The number of fused-ring (bicyclic) bond motifs is 1. The average Bonchev–Trinajstić information content (AvgIpc) is 3.23. The number of carboxylic acid groups (broad SMARTS) is 1. The Bertz CT molecular complexity index is 1310. The van der Waals surface area contributed by atoms with Gasteiger partial charge in [0.15, 0.2) is 5.52 Å². The Balaban J connectivity index is 0.000000429. The molecule has 0 spiro atoms. The van der Waals surface area contributed by atoms with Crippen LogP contribution in [0.15, 0.2) is 52.9 Å². The molecule has 4 aromatic rings. The molecule has 184 valence electrons. The van der Waals surface area contributed by atoms with Crippen LogP contribution in [0.25, 0.3) is 22.7 Å². The van der Waals surface area contributed by atoms with Crippen LogP contribution in [0.5, 0.6) is 5.88 Å². The van der Waals surface area contributed by atoms with E-state index in [1.165, 1.54) is 0 Å². The number of hydrogen-bond donors (Lipinski definition) is 2. The Hall–Kier alpha value is -3.86. The molecule has 0 aliphatic carbocycles. The second kappa shape index (κ2) is 11.0. The second-order valence-electron chi connectivity index (χ2n) is 7.20. The minimum absolute atomic E-state index is 0.391. The molecule has 0 radical (unpaired) electrons. The van der Waals surface area contributed by atoms with E-state index in [9.17, 15) is 13.2 Å². The fourth-order valence-corrected chi connectivity index (χ4v) is 2.92. The van der Waals surface area contributed by atoms with Gasteiger partial charge in [-0.05, 0) is 42.3 Å². The normalized spacial score (nSPS) is 11.1. The van der Waals surface area contributed by atoms with Crippen molar-refractivity contribution < 1.29 is 32.2 Å². The van der Waals surface area contributed by atoms with Gasteiger partial charge in [-0.3, -0.25) is 0 Å². The molecule has 35 heavy (non-hydrogen) atoms. The van der Waals surface area contributed by atoms with Crippen molar-refractivity contribution in [2.75, 3.05) is 12.3 Å². The van der Waals surface area contributed by atoms with Gasteiger partial charge in [0.05, 0.1) is 6.61 Å². The number of nitrogens with zero attached hydrogens (tertiary/aromatic N) is 3.